The first-order valence-corrected chi connectivity index (χ1v) is 8.73. The summed E-state index contributed by atoms with van der Waals surface area (Å²) in [5, 5.41) is 8.73. The molecule has 1 aromatic carbocycles. The summed E-state index contributed by atoms with van der Waals surface area (Å²) in [6.07, 6.45) is 0. The van der Waals surface area contributed by atoms with Crippen molar-refractivity contribution < 1.29 is 4.42 Å². The van der Waals surface area contributed by atoms with E-state index in [1.807, 2.05) is 0 Å². The van der Waals surface area contributed by atoms with Crippen LogP contribution < -0.4 is 17.0 Å². The highest BCUT2D eigenvalue weighted by Gasteiger charge is 2.20. The molecule has 12 heteroatoms. The molecule has 3 heterocycles. The van der Waals surface area contributed by atoms with Gasteiger partial charge in [0.15, 0.2) is 11.2 Å². The predicted octanol–water partition coefficient (Wildman–Crippen LogP) is 1.42. The number of nitrogens with two attached hydrogens (primary N) is 1. The van der Waals surface area contributed by atoms with Gasteiger partial charge in [-0.15, -0.1) is 10.2 Å². The van der Waals surface area contributed by atoms with Crippen LogP contribution in [-0.4, -0.2) is 28.9 Å². The molecule has 2 N–H and O–H groups in total. The Morgan fingerprint density at radius 2 is 1.86 bits per heavy atom. The quantitative estimate of drug-likeness (QED) is 0.529. The molecule has 28 heavy (non-hydrogen) atoms. The molecule has 0 unspecified atom stereocenters. The molecule has 0 saturated carbocycles. The second kappa shape index (κ2) is 6.50. The summed E-state index contributed by atoms with van der Waals surface area (Å²) >= 11 is 11.9. The van der Waals surface area contributed by atoms with Crippen LogP contribution in [-0.2, 0) is 20.6 Å². The van der Waals surface area contributed by atoms with E-state index in [1.54, 1.807) is 18.2 Å². The molecular weight excluding hydrogens is 409 g/mol. The lowest BCUT2D eigenvalue weighted by Gasteiger charge is -2.05. The average molecular weight is 422 g/mol. The molecule has 4 aromatic rings. The maximum Gasteiger partial charge on any atom is 0.332 e. The standard InChI is InChI=1S/C16H13Cl2N7O3/c1-23-12-11(14(26)24(2)16(23)27)25(15(19)20-12)6-10-21-22-13(28-10)7-3-4-8(17)9(18)5-7/h3-5H,6H2,1-2H3,(H2,19,20). The van der Waals surface area contributed by atoms with E-state index in [2.05, 4.69) is 15.2 Å². The first-order valence-electron chi connectivity index (χ1n) is 7.97. The van der Waals surface area contributed by atoms with E-state index in [-0.39, 0.29) is 35.4 Å². The van der Waals surface area contributed by atoms with Gasteiger partial charge in [0, 0.05) is 19.7 Å². The highest BCUT2D eigenvalue weighted by Crippen LogP contribution is 2.28. The Morgan fingerprint density at radius 1 is 1.11 bits per heavy atom. The molecule has 0 atom stereocenters. The van der Waals surface area contributed by atoms with Crippen LogP contribution in [0, 0.1) is 0 Å². The van der Waals surface area contributed by atoms with E-state index in [0.29, 0.717) is 15.6 Å². The van der Waals surface area contributed by atoms with Crippen molar-refractivity contribution in [1.29, 1.82) is 0 Å². The molecular formula is C16H13Cl2N7O3. The summed E-state index contributed by atoms with van der Waals surface area (Å²) in [4.78, 5) is 28.8. The maximum absolute atomic E-state index is 12.6. The van der Waals surface area contributed by atoms with Gasteiger partial charge in [-0.3, -0.25) is 18.5 Å². The number of aromatic nitrogens is 6. The van der Waals surface area contributed by atoms with Gasteiger partial charge in [-0.2, -0.15) is 4.98 Å². The van der Waals surface area contributed by atoms with Crippen LogP contribution in [0.15, 0.2) is 32.2 Å². The Morgan fingerprint density at radius 3 is 2.57 bits per heavy atom. The molecule has 0 saturated heterocycles. The van der Waals surface area contributed by atoms with Gasteiger partial charge in [0.05, 0.1) is 10.0 Å². The van der Waals surface area contributed by atoms with Crippen molar-refractivity contribution in [3.8, 4) is 11.5 Å². The summed E-state index contributed by atoms with van der Waals surface area (Å²) < 4.78 is 9.31. The zero-order valence-corrected chi connectivity index (χ0v) is 16.2. The number of aryl methyl sites for hydroxylation is 1. The summed E-state index contributed by atoms with van der Waals surface area (Å²) in [6.45, 7) is 0.00407. The monoisotopic (exact) mass is 421 g/mol. The smallest absolute Gasteiger partial charge is 0.332 e. The van der Waals surface area contributed by atoms with Crippen molar-refractivity contribution in [1.82, 2.24) is 28.9 Å². The SMILES string of the molecule is Cn1c(=O)c2c(nc(N)n2Cc2nnc(-c3ccc(Cl)c(Cl)c3)o2)n(C)c1=O. The highest BCUT2D eigenvalue weighted by atomic mass is 35.5. The lowest BCUT2D eigenvalue weighted by atomic mass is 10.2. The minimum atomic E-state index is -0.522. The second-order valence-electron chi connectivity index (χ2n) is 6.06. The summed E-state index contributed by atoms with van der Waals surface area (Å²) in [5.74, 6) is 0.474. The number of halogens is 2. The summed E-state index contributed by atoms with van der Waals surface area (Å²) in [7, 11) is 2.89. The van der Waals surface area contributed by atoms with E-state index >= 15 is 0 Å². The lowest BCUT2D eigenvalue weighted by Crippen LogP contribution is -2.37. The third-order valence-corrected chi connectivity index (χ3v) is 5.04. The average Bonchev–Trinajstić information content (AvgIpc) is 3.26. The molecule has 0 amide bonds. The van der Waals surface area contributed by atoms with Gasteiger partial charge < -0.3 is 10.2 Å². The van der Waals surface area contributed by atoms with E-state index in [4.69, 9.17) is 33.4 Å². The fourth-order valence-corrected chi connectivity index (χ4v) is 3.12. The van der Waals surface area contributed by atoms with Gasteiger partial charge in [-0.1, -0.05) is 23.2 Å². The zero-order chi connectivity index (χ0) is 20.2. The molecule has 4 rings (SSSR count). The largest absolute Gasteiger partial charge is 0.419 e. The molecule has 0 bridgehead atoms. The third kappa shape index (κ3) is 2.77. The van der Waals surface area contributed by atoms with E-state index in [0.717, 1.165) is 4.57 Å². The van der Waals surface area contributed by atoms with Crippen molar-refractivity contribution in [2.45, 2.75) is 6.54 Å². The van der Waals surface area contributed by atoms with Gasteiger partial charge in [-0.05, 0) is 18.2 Å². The molecule has 0 fully saturated rings. The number of anilines is 1. The summed E-state index contributed by atoms with van der Waals surface area (Å²) in [6, 6.07) is 4.92. The van der Waals surface area contributed by atoms with E-state index < -0.39 is 11.2 Å². The molecule has 0 aliphatic heterocycles. The van der Waals surface area contributed by atoms with Crippen molar-refractivity contribution in [3.63, 3.8) is 0 Å². The Bertz CT molecular complexity index is 1350. The van der Waals surface area contributed by atoms with Crippen LogP contribution in [0.2, 0.25) is 10.0 Å². The van der Waals surface area contributed by atoms with Crippen LogP contribution in [0.25, 0.3) is 22.6 Å². The Kier molecular flexibility index (Phi) is 4.24. The minimum Gasteiger partial charge on any atom is -0.419 e. The third-order valence-electron chi connectivity index (χ3n) is 4.30. The first kappa shape index (κ1) is 18.3. The van der Waals surface area contributed by atoms with Crippen LogP contribution in [0.4, 0.5) is 5.95 Å². The van der Waals surface area contributed by atoms with Crippen LogP contribution >= 0.6 is 23.2 Å². The number of nitrogens with zero attached hydrogens (tertiary/aromatic N) is 6. The molecule has 0 aliphatic rings. The number of imidazole rings is 1. The number of rotatable bonds is 3. The molecule has 0 spiro atoms. The molecule has 144 valence electrons. The zero-order valence-electron chi connectivity index (χ0n) is 14.7. The number of hydrogen-bond acceptors (Lipinski definition) is 7. The van der Waals surface area contributed by atoms with Crippen LogP contribution in [0.3, 0.4) is 0 Å². The highest BCUT2D eigenvalue weighted by molar-refractivity contribution is 6.42. The Hall–Kier alpha value is -3.11. The van der Waals surface area contributed by atoms with Crippen LogP contribution in [0.5, 0.6) is 0 Å². The van der Waals surface area contributed by atoms with Crippen molar-refractivity contribution >= 4 is 40.3 Å². The van der Waals surface area contributed by atoms with Crippen LogP contribution in [0.1, 0.15) is 5.89 Å². The Balaban J connectivity index is 1.78. The Labute approximate surface area is 166 Å². The fourth-order valence-electron chi connectivity index (χ4n) is 2.82. The molecule has 0 aliphatic carbocycles. The van der Waals surface area contributed by atoms with Gasteiger partial charge in [0.1, 0.15) is 6.54 Å². The second-order valence-corrected chi connectivity index (χ2v) is 6.88. The summed E-state index contributed by atoms with van der Waals surface area (Å²) in [5.41, 5.74) is 5.87. The number of fused-ring (bicyclic) bond motifs is 1. The van der Waals surface area contributed by atoms with E-state index in [9.17, 15) is 9.59 Å². The van der Waals surface area contributed by atoms with Crippen molar-refractivity contribution in [2.24, 2.45) is 14.1 Å². The molecule has 0 radical (unpaired) electrons. The van der Waals surface area contributed by atoms with E-state index in [1.165, 1.54) is 23.2 Å². The number of hydrogen-bond donors (Lipinski definition) is 1. The van der Waals surface area contributed by atoms with Crippen molar-refractivity contribution in [3.05, 3.63) is 55.0 Å². The first-order chi connectivity index (χ1) is 13.3. The van der Waals surface area contributed by atoms with Gasteiger partial charge in [-0.25, -0.2) is 4.79 Å². The fraction of sp³-hybridized carbons (Fsp3) is 0.188. The maximum atomic E-state index is 12.6. The lowest BCUT2D eigenvalue weighted by molar-refractivity contribution is 0.492. The minimum absolute atomic E-state index is 0.00407. The number of benzene rings is 1. The van der Waals surface area contributed by atoms with Gasteiger partial charge in [0.2, 0.25) is 17.7 Å². The molecule has 10 nitrogen and oxygen atoms in total. The van der Waals surface area contributed by atoms with Gasteiger partial charge >= 0.3 is 5.69 Å². The topological polar surface area (TPSA) is 127 Å². The normalized spacial score (nSPS) is 11.4. The molecule has 3 aromatic heterocycles. The predicted molar refractivity (Wildman–Crippen MR) is 103 cm³/mol. The number of nitrogen functional groups attached to an aromatic ring is 1. The van der Waals surface area contributed by atoms with Gasteiger partial charge in [0.25, 0.3) is 5.56 Å². The van der Waals surface area contributed by atoms with Crippen molar-refractivity contribution in [2.75, 3.05) is 5.73 Å².